The Morgan fingerprint density at radius 3 is 0.977 bits per heavy atom. The Morgan fingerprint density at radius 1 is 0.364 bits per heavy atom. The summed E-state index contributed by atoms with van der Waals surface area (Å²) >= 11 is 18.2. The maximum absolute atomic E-state index is 16.5. The molecule has 5 heterocycles. The molecule has 0 radical (unpaired) electrons. The predicted molar refractivity (Wildman–Crippen MR) is 391 cm³/mol. The van der Waals surface area contributed by atoms with Crippen LogP contribution in [0.3, 0.4) is 0 Å². The summed E-state index contributed by atoms with van der Waals surface area (Å²) in [6.07, 6.45) is 50.9. The molecule has 4 nitrogen and oxygen atoms in total. The number of unbranched alkanes of at least 4 members (excludes halogenated alkanes) is 24. The van der Waals surface area contributed by atoms with Gasteiger partial charge >= 0.3 is 0 Å². The molecule has 3 atom stereocenters. The molecule has 0 fully saturated rings. The van der Waals surface area contributed by atoms with Crippen LogP contribution in [0.15, 0.2) is 47.1 Å². The SMILES string of the molecule is CCCCCCCCC(CCCCCC)Cc1cc(-c2c(F)c(F)c(-c3cc(CC(CCCCCC)CCCCCCCC)c(Br)s3)c3nsnc23)sc1Br.CCCCCCCCC(CCCCCC)Cc1ccsc1Br.Fc1cc2nsnc2cc1F. The van der Waals surface area contributed by atoms with Gasteiger partial charge in [0.1, 0.15) is 22.1 Å². The van der Waals surface area contributed by atoms with Gasteiger partial charge in [0.25, 0.3) is 0 Å². The molecule has 7 rings (SSSR count). The number of hydrogen-bond donors (Lipinski definition) is 0. The van der Waals surface area contributed by atoms with E-state index in [2.05, 4.69) is 130 Å². The molecule has 0 aliphatic rings. The Kier molecular flexibility index (Phi) is 40.0. The fourth-order valence-electron chi connectivity index (χ4n) is 12.2. The van der Waals surface area contributed by atoms with Gasteiger partial charge in [-0.05, 0) is 125 Å². The van der Waals surface area contributed by atoms with E-state index in [1.807, 2.05) is 11.3 Å². The zero-order chi connectivity index (χ0) is 63.3. The van der Waals surface area contributed by atoms with Gasteiger partial charge in [0.2, 0.25) is 0 Å². The first-order chi connectivity index (χ1) is 42.9. The van der Waals surface area contributed by atoms with Crippen LogP contribution < -0.4 is 0 Å². The molecule has 0 N–H and O–H groups in total. The van der Waals surface area contributed by atoms with Crippen LogP contribution in [0.25, 0.3) is 42.9 Å². The number of fused-ring (bicyclic) bond motifs is 2. The summed E-state index contributed by atoms with van der Waals surface area (Å²) in [6, 6.07) is 8.57. The van der Waals surface area contributed by atoms with E-state index in [1.165, 1.54) is 281 Å². The lowest BCUT2D eigenvalue weighted by Crippen LogP contribution is -2.05. The largest absolute Gasteiger partial charge is 0.204 e. The minimum Gasteiger partial charge on any atom is -0.204 e. The van der Waals surface area contributed by atoms with Crippen LogP contribution in [0.2, 0.25) is 0 Å². The minimum absolute atomic E-state index is 0.249. The van der Waals surface area contributed by atoms with Crippen molar-refractivity contribution in [2.75, 3.05) is 0 Å². The molecule has 2 aromatic carbocycles. The highest BCUT2D eigenvalue weighted by Gasteiger charge is 2.29. The van der Waals surface area contributed by atoms with Crippen LogP contribution >= 0.6 is 105 Å². The van der Waals surface area contributed by atoms with E-state index in [9.17, 15) is 8.78 Å². The van der Waals surface area contributed by atoms with Crippen molar-refractivity contribution in [2.24, 2.45) is 17.8 Å². The quantitative estimate of drug-likeness (QED) is 0.0282. The second kappa shape index (κ2) is 45.6. The summed E-state index contributed by atoms with van der Waals surface area (Å²) in [5, 5.41) is 2.22. The van der Waals surface area contributed by atoms with Crippen molar-refractivity contribution in [3.63, 3.8) is 0 Å². The Bertz CT molecular complexity index is 2800. The molecule has 0 saturated carbocycles. The molecule has 0 spiro atoms. The number of aromatic nitrogens is 4. The fraction of sp³-hybridized carbons (Fsp3) is 0.667. The summed E-state index contributed by atoms with van der Waals surface area (Å²) < 4.78 is 78.1. The molecule has 5 aromatic heterocycles. The maximum Gasteiger partial charge on any atom is 0.170 e. The third-order valence-electron chi connectivity index (χ3n) is 17.4. The second-order valence-electron chi connectivity index (χ2n) is 24.8. The van der Waals surface area contributed by atoms with Crippen molar-refractivity contribution in [3.8, 4) is 20.9 Å². The highest BCUT2D eigenvalue weighted by molar-refractivity contribution is 9.11. The first kappa shape index (κ1) is 77.0. The number of nitrogens with zero attached hydrogens (tertiary/aromatic N) is 4. The van der Waals surface area contributed by atoms with Crippen LogP contribution in [0.5, 0.6) is 0 Å². The Labute approximate surface area is 574 Å². The Hall–Kier alpha value is -1.66. The summed E-state index contributed by atoms with van der Waals surface area (Å²) in [7, 11) is 0. The van der Waals surface area contributed by atoms with Crippen LogP contribution in [-0.2, 0) is 19.3 Å². The number of halogens is 7. The predicted octanol–water partition coefficient (Wildman–Crippen LogP) is 29.1. The van der Waals surface area contributed by atoms with Gasteiger partial charge in [-0.15, -0.1) is 34.0 Å². The van der Waals surface area contributed by atoms with Crippen molar-refractivity contribution in [2.45, 2.75) is 292 Å². The minimum atomic E-state index is -0.884. The number of hydrogen-bond acceptors (Lipinski definition) is 9. The van der Waals surface area contributed by atoms with Gasteiger partial charge in [0.15, 0.2) is 23.3 Å². The lowest BCUT2D eigenvalue weighted by molar-refractivity contribution is 0.402. The molecule has 0 saturated heterocycles. The lowest BCUT2D eigenvalue weighted by atomic mass is 9.89. The lowest BCUT2D eigenvalue weighted by Gasteiger charge is -2.17. The van der Waals surface area contributed by atoms with E-state index in [0.717, 1.165) is 71.7 Å². The molecule has 0 aliphatic heterocycles. The molecule has 16 heteroatoms. The van der Waals surface area contributed by atoms with Crippen molar-refractivity contribution in [1.29, 1.82) is 0 Å². The monoisotopic (exact) mass is 1500 g/mol. The summed E-state index contributed by atoms with van der Waals surface area (Å²) in [6.45, 7) is 13.7. The molecule has 0 aliphatic carbocycles. The van der Waals surface area contributed by atoms with E-state index < -0.39 is 23.3 Å². The maximum atomic E-state index is 16.5. The average Bonchev–Trinajstić information content (AvgIpc) is 1.64. The van der Waals surface area contributed by atoms with Gasteiger partial charge in [0, 0.05) is 21.9 Å². The summed E-state index contributed by atoms with van der Waals surface area (Å²) in [5.74, 6) is -1.31. The topological polar surface area (TPSA) is 51.6 Å². The Morgan fingerprint density at radius 2 is 0.659 bits per heavy atom. The molecule has 0 amide bonds. The summed E-state index contributed by atoms with van der Waals surface area (Å²) in [4.78, 5) is 1.45. The molecule has 0 bridgehead atoms. The smallest absolute Gasteiger partial charge is 0.170 e. The highest BCUT2D eigenvalue weighted by atomic mass is 79.9. The average molecular weight is 1500 g/mol. The van der Waals surface area contributed by atoms with Crippen LogP contribution in [0.4, 0.5) is 17.6 Å². The van der Waals surface area contributed by atoms with Gasteiger partial charge < -0.3 is 0 Å². The third kappa shape index (κ3) is 27.4. The number of thiophene rings is 3. The third-order valence-corrected chi connectivity index (χ3v) is 24.3. The zero-order valence-corrected chi connectivity index (χ0v) is 63.1. The second-order valence-corrected chi connectivity index (χ2v) is 32.9. The first-order valence-corrected chi connectivity index (χ1v) is 40.7. The van der Waals surface area contributed by atoms with Crippen molar-refractivity contribution in [1.82, 2.24) is 17.5 Å². The van der Waals surface area contributed by atoms with Gasteiger partial charge in [-0.1, -0.05) is 273 Å². The van der Waals surface area contributed by atoms with Gasteiger partial charge in [-0.25, -0.2) is 17.6 Å². The van der Waals surface area contributed by atoms with Crippen molar-refractivity contribution in [3.05, 3.63) is 87.0 Å². The number of rotatable bonds is 44. The molecule has 492 valence electrons. The van der Waals surface area contributed by atoms with E-state index in [4.69, 9.17) is 0 Å². The highest BCUT2D eigenvalue weighted by Crippen LogP contribution is 2.47. The Balaban J connectivity index is 0.000000345. The normalized spacial score (nSPS) is 12.6. The van der Waals surface area contributed by atoms with Gasteiger partial charge in [-0.2, -0.15) is 17.5 Å². The van der Waals surface area contributed by atoms with E-state index in [-0.39, 0.29) is 11.1 Å². The fourth-order valence-corrected chi connectivity index (χ4v) is 18.0. The first-order valence-electron chi connectivity index (χ1n) is 34.4. The molecular formula is C72H105Br3F4N4S5. The molecule has 3 unspecified atom stereocenters. The van der Waals surface area contributed by atoms with Crippen molar-refractivity contribution >= 4 is 127 Å². The van der Waals surface area contributed by atoms with Gasteiger partial charge in [-0.3, -0.25) is 0 Å². The van der Waals surface area contributed by atoms with Crippen LogP contribution in [0.1, 0.15) is 289 Å². The molecule has 7 aromatic rings. The molecular weight excluding hydrogens is 1400 g/mol. The van der Waals surface area contributed by atoms with E-state index in [0.29, 0.717) is 33.9 Å². The standard InChI is InChI=1S/C46H68Br2F2N2S3.C20H35BrS.C6H2F2N2S/c1-5-9-13-17-19-23-27-33(25-21-15-11-7-3)29-35-31-37(53-45(35)47)39-41(49)42(50)40(44-43(39)51-55-52-44)38-32-36(46(48)54-38)30-34(26-22-16-12-8-4)28-24-20-18-14-10-6-2;1-3-5-7-9-10-12-14-18(13-11-8-6-4-2)17-19-15-16-22-20(19)21;7-3-1-5-6(2-4(3)8)10-11-9-5/h31-34H,5-30H2,1-4H3;15-16,18H,3-14,17H2,1-2H3;1-2H. The van der Waals surface area contributed by atoms with E-state index >= 15 is 8.78 Å². The van der Waals surface area contributed by atoms with Crippen LogP contribution in [-0.4, -0.2) is 17.5 Å². The van der Waals surface area contributed by atoms with Crippen LogP contribution in [0, 0.1) is 41.0 Å². The van der Waals surface area contributed by atoms with Gasteiger partial charge in [0.05, 0.1) is 45.9 Å². The number of benzene rings is 2. The van der Waals surface area contributed by atoms with E-state index in [1.54, 1.807) is 0 Å². The zero-order valence-electron chi connectivity index (χ0n) is 54.2. The van der Waals surface area contributed by atoms with Crippen molar-refractivity contribution < 1.29 is 17.6 Å². The molecule has 88 heavy (non-hydrogen) atoms. The summed E-state index contributed by atoms with van der Waals surface area (Å²) in [5.41, 5.74) is 6.15.